The van der Waals surface area contributed by atoms with Crippen molar-refractivity contribution in [2.45, 2.75) is 10.8 Å². The lowest BCUT2D eigenvalue weighted by atomic mass is 10.1. The minimum atomic E-state index is -0.384. The molecule has 1 aromatic heterocycles. The van der Waals surface area contributed by atoms with E-state index in [9.17, 15) is 9.59 Å². The fraction of sp³-hybridized carbons (Fsp3) is 0.304. The molecule has 3 aromatic rings. The standard InChI is InChI=1S/C23H26N4O6S2/c1-30-15-6-7-16(18(12-15)32-3)21(29)25-22-26-27-23(35-22)34-13-20(28)24-10-9-14-5-8-17(31-2)19(11-14)33-4/h5-8,11-12H,9-10,13H2,1-4H3,(H,24,28)(H,25,26,29). The van der Waals surface area contributed by atoms with Gasteiger partial charge in [0.05, 0.1) is 39.8 Å². The lowest BCUT2D eigenvalue weighted by Gasteiger charge is -2.10. The summed E-state index contributed by atoms with van der Waals surface area (Å²) in [5.74, 6) is 1.94. The summed E-state index contributed by atoms with van der Waals surface area (Å²) in [6.45, 7) is 0.482. The Hall–Kier alpha value is -3.51. The van der Waals surface area contributed by atoms with Gasteiger partial charge in [-0.25, -0.2) is 0 Å². The predicted octanol–water partition coefficient (Wildman–Crippen LogP) is 3.28. The number of carbonyl (C=O) groups is 2. The van der Waals surface area contributed by atoms with Crippen molar-refractivity contribution in [2.24, 2.45) is 0 Å². The summed E-state index contributed by atoms with van der Waals surface area (Å²) in [5, 5.41) is 13.9. The van der Waals surface area contributed by atoms with E-state index >= 15 is 0 Å². The van der Waals surface area contributed by atoms with Gasteiger partial charge in [-0.3, -0.25) is 14.9 Å². The summed E-state index contributed by atoms with van der Waals surface area (Å²) in [7, 11) is 6.18. The van der Waals surface area contributed by atoms with Gasteiger partial charge < -0.3 is 24.3 Å². The molecule has 2 amide bonds. The van der Waals surface area contributed by atoms with Gasteiger partial charge in [0, 0.05) is 12.6 Å². The van der Waals surface area contributed by atoms with Gasteiger partial charge in [0.1, 0.15) is 11.5 Å². The first kappa shape index (κ1) is 26.1. The third-order valence-corrected chi connectivity index (χ3v) is 6.76. The van der Waals surface area contributed by atoms with Crippen LogP contribution in [0, 0.1) is 0 Å². The quantitative estimate of drug-likeness (QED) is 0.275. The molecule has 2 N–H and O–H groups in total. The van der Waals surface area contributed by atoms with Crippen LogP contribution in [0.3, 0.4) is 0 Å². The van der Waals surface area contributed by atoms with Crippen molar-refractivity contribution in [3.8, 4) is 23.0 Å². The van der Waals surface area contributed by atoms with E-state index in [-0.39, 0.29) is 17.6 Å². The van der Waals surface area contributed by atoms with E-state index in [2.05, 4.69) is 20.8 Å². The van der Waals surface area contributed by atoms with Crippen molar-refractivity contribution in [3.63, 3.8) is 0 Å². The molecule has 0 bridgehead atoms. The smallest absolute Gasteiger partial charge is 0.261 e. The highest BCUT2D eigenvalue weighted by molar-refractivity contribution is 8.01. The van der Waals surface area contributed by atoms with Gasteiger partial charge in [0.25, 0.3) is 5.91 Å². The summed E-state index contributed by atoms with van der Waals surface area (Å²) in [5.41, 5.74) is 1.36. The Balaban J connectivity index is 1.45. The van der Waals surface area contributed by atoms with Crippen molar-refractivity contribution >= 4 is 40.0 Å². The van der Waals surface area contributed by atoms with Crippen molar-refractivity contribution < 1.29 is 28.5 Å². The van der Waals surface area contributed by atoms with Crippen molar-refractivity contribution in [2.75, 3.05) is 46.1 Å². The third kappa shape index (κ3) is 7.23. The van der Waals surface area contributed by atoms with Gasteiger partial charge in [-0.1, -0.05) is 29.2 Å². The fourth-order valence-corrected chi connectivity index (χ4v) is 4.61. The van der Waals surface area contributed by atoms with Crippen LogP contribution in [0.15, 0.2) is 40.7 Å². The van der Waals surface area contributed by atoms with Crippen LogP contribution in [-0.2, 0) is 11.2 Å². The van der Waals surface area contributed by atoms with E-state index < -0.39 is 0 Å². The molecule has 0 atom stereocenters. The molecule has 186 valence electrons. The highest BCUT2D eigenvalue weighted by Crippen LogP contribution is 2.29. The Morgan fingerprint density at radius 3 is 2.40 bits per heavy atom. The second kappa shape index (κ2) is 12.8. The molecule has 0 aliphatic carbocycles. The van der Waals surface area contributed by atoms with Gasteiger partial charge in [0.2, 0.25) is 11.0 Å². The van der Waals surface area contributed by atoms with Gasteiger partial charge >= 0.3 is 0 Å². The van der Waals surface area contributed by atoms with Gasteiger partial charge in [-0.2, -0.15) is 0 Å². The molecule has 0 spiro atoms. The molecular weight excluding hydrogens is 492 g/mol. The lowest BCUT2D eigenvalue weighted by molar-refractivity contribution is -0.118. The van der Waals surface area contributed by atoms with Crippen LogP contribution in [0.5, 0.6) is 23.0 Å². The average molecular weight is 519 g/mol. The summed E-state index contributed by atoms with van der Waals surface area (Å²) >= 11 is 2.43. The monoisotopic (exact) mass is 518 g/mol. The lowest BCUT2D eigenvalue weighted by Crippen LogP contribution is -2.27. The number of ether oxygens (including phenoxy) is 4. The molecule has 0 saturated heterocycles. The number of nitrogens with zero attached hydrogens (tertiary/aromatic N) is 2. The topological polar surface area (TPSA) is 121 Å². The number of thioether (sulfide) groups is 1. The minimum Gasteiger partial charge on any atom is -0.497 e. The molecule has 3 rings (SSSR count). The Morgan fingerprint density at radius 1 is 0.914 bits per heavy atom. The molecule has 2 aromatic carbocycles. The second-order valence-electron chi connectivity index (χ2n) is 6.97. The Bertz CT molecular complexity index is 1170. The van der Waals surface area contributed by atoms with Crippen molar-refractivity contribution in [3.05, 3.63) is 47.5 Å². The summed E-state index contributed by atoms with van der Waals surface area (Å²) in [4.78, 5) is 24.8. The van der Waals surface area contributed by atoms with E-state index in [1.165, 1.54) is 37.3 Å². The zero-order chi connectivity index (χ0) is 25.2. The molecule has 10 nitrogen and oxygen atoms in total. The first-order valence-electron chi connectivity index (χ1n) is 10.4. The molecule has 12 heteroatoms. The molecule has 0 fully saturated rings. The second-order valence-corrected chi connectivity index (χ2v) is 9.17. The van der Waals surface area contributed by atoms with E-state index in [0.29, 0.717) is 51.0 Å². The Labute approximate surface area is 211 Å². The number of hydrogen-bond acceptors (Lipinski definition) is 10. The normalized spacial score (nSPS) is 10.4. The number of hydrogen-bond donors (Lipinski definition) is 2. The maximum Gasteiger partial charge on any atom is 0.261 e. The zero-order valence-corrected chi connectivity index (χ0v) is 21.4. The van der Waals surface area contributed by atoms with Crippen LogP contribution in [0.2, 0.25) is 0 Å². The molecule has 0 radical (unpaired) electrons. The molecule has 0 aliphatic heterocycles. The summed E-state index contributed by atoms with van der Waals surface area (Å²) in [6.07, 6.45) is 0.653. The van der Waals surface area contributed by atoms with E-state index in [1.807, 2.05) is 18.2 Å². The van der Waals surface area contributed by atoms with Crippen LogP contribution >= 0.6 is 23.1 Å². The number of rotatable bonds is 12. The Morgan fingerprint density at radius 2 is 1.69 bits per heavy atom. The highest BCUT2D eigenvalue weighted by Gasteiger charge is 2.16. The molecule has 1 heterocycles. The van der Waals surface area contributed by atoms with Gasteiger partial charge in [-0.05, 0) is 36.2 Å². The van der Waals surface area contributed by atoms with Gasteiger partial charge in [0.15, 0.2) is 15.8 Å². The number of carbonyl (C=O) groups excluding carboxylic acids is 2. The van der Waals surface area contributed by atoms with Crippen LogP contribution in [0.1, 0.15) is 15.9 Å². The molecule has 0 saturated carbocycles. The number of anilines is 1. The maximum atomic E-state index is 12.6. The molecule has 35 heavy (non-hydrogen) atoms. The Kier molecular flexibility index (Phi) is 9.56. The molecule has 0 unspecified atom stereocenters. The van der Waals surface area contributed by atoms with Crippen LogP contribution in [0.4, 0.5) is 5.13 Å². The van der Waals surface area contributed by atoms with Gasteiger partial charge in [-0.15, -0.1) is 10.2 Å². The van der Waals surface area contributed by atoms with E-state index in [1.54, 1.807) is 32.4 Å². The van der Waals surface area contributed by atoms with Crippen LogP contribution in [0.25, 0.3) is 0 Å². The maximum absolute atomic E-state index is 12.6. The molecular formula is C23H26N4O6S2. The summed E-state index contributed by atoms with van der Waals surface area (Å²) < 4.78 is 21.5. The third-order valence-electron chi connectivity index (χ3n) is 4.79. The first-order chi connectivity index (χ1) is 17.0. The highest BCUT2D eigenvalue weighted by atomic mass is 32.2. The SMILES string of the molecule is COc1ccc(C(=O)Nc2nnc(SCC(=O)NCCc3ccc(OC)c(OC)c3)s2)c(OC)c1. The zero-order valence-electron chi connectivity index (χ0n) is 19.7. The fourth-order valence-electron chi connectivity index (χ4n) is 3.03. The number of benzene rings is 2. The van der Waals surface area contributed by atoms with E-state index in [0.717, 1.165) is 5.56 Å². The van der Waals surface area contributed by atoms with E-state index in [4.69, 9.17) is 18.9 Å². The molecule has 0 aliphatic rings. The largest absolute Gasteiger partial charge is 0.497 e. The average Bonchev–Trinajstić information content (AvgIpc) is 3.33. The number of methoxy groups -OCH3 is 4. The van der Waals surface area contributed by atoms with Crippen LogP contribution < -0.4 is 29.6 Å². The number of aromatic nitrogens is 2. The van der Waals surface area contributed by atoms with Crippen LogP contribution in [-0.4, -0.2) is 62.7 Å². The van der Waals surface area contributed by atoms with Crippen molar-refractivity contribution in [1.29, 1.82) is 0 Å². The van der Waals surface area contributed by atoms with Crippen molar-refractivity contribution in [1.82, 2.24) is 15.5 Å². The number of amides is 2. The summed E-state index contributed by atoms with van der Waals surface area (Å²) in [6, 6.07) is 10.6. The minimum absolute atomic E-state index is 0.126. The predicted molar refractivity (Wildman–Crippen MR) is 134 cm³/mol. The number of nitrogens with one attached hydrogen (secondary N) is 2. The first-order valence-corrected chi connectivity index (χ1v) is 12.2.